The summed E-state index contributed by atoms with van der Waals surface area (Å²) in [6.45, 7) is 1.59. The zero-order valence-corrected chi connectivity index (χ0v) is 21.5. The van der Waals surface area contributed by atoms with E-state index in [1.807, 2.05) is 39.2 Å². The second-order valence-corrected chi connectivity index (χ2v) is 8.83. The van der Waals surface area contributed by atoms with Crippen LogP contribution < -0.4 is 0 Å². The van der Waals surface area contributed by atoms with Crippen molar-refractivity contribution in [2.24, 2.45) is 0 Å². The molecule has 0 atom stereocenters. The molecule has 9 heteroatoms. The van der Waals surface area contributed by atoms with E-state index in [1.165, 1.54) is 12.1 Å². The zero-order chi connectivity index (χ0) is 23.6. The van der Waals surface area contributed by atoms with E-state index in [1.54, 1.807) is 6.07 Å². The maximum atomic E-state index is 13.4. The quantitative estimate of drug-likeness (QED) is 0.423. The van der Waals surface area contributed by atoms with Gasteiger partial charge in [-0.15, -0.1) is 24.8 Å². The fourth-order valence-electron chi connectivity index (χ4n) is 4.38. The Labute approximate surface area is 212 Å². The molecule has 1 aliphatic rings. The van der Waals surface area contributed by atoms with Crippen molar-refractivity contribution in [2.45, 2.75) is 25.7 Å². The van der Waals surface area contributed by atoms with Crippen LogP contribution in [0.4, 0.5) is 0 Å². The Morgan fingerprint density at radius 1 is 0.794 bits per heavy atom. The summed E-state index contributed by atoms with van der Waals surface area (Å²) < 4.78 is 0. The number of benzene rings is 2. The molecule has 0 aromatic heterocycles. The van der Waals surface area contributed by atoms with Gasteiger partial charge < -0.3 is 20.0 Å². The molecule has 2 N–H and O–H groups in total. The molecule has 2 aromatic carbocycles. The fourth-order valence-corrected chi connectivity index (χ4v) is 4.38. The van der Waals surface area contributed by atoms with E-state index < -0.39 is 11.9 Å². The number of hydrogen-bond donors (Lipinski definition) is 2. The number of nitrogens with zero attached hydrogens (tertiary/aromatic N) is 2. The maximum absolute atomic E-state index is 13.4. The van der Waals surface area contributed by atoms with Crippen molar-refractivity contribution in [3.8, 4) is 11.1 Å². The standard InChI is InChI=1S/C25H30N2O5.2ClH/c1-26(2)11-5-7-15-13-19-17-10-9-16(24(29)30)14-20(17)23(28)22(19)18(21(15)25(31)32)8-6-12-27(3)4;;/h9-10,13-14H,5-8,11-12H2,1-4H3,(H,29,30)(H,31,32);2*1H. The van der Waals surface area contributed by atoms with Gasteiger partial charge in [0.2, 0.25) is 0 Å². The highest BCUT2D eigenvalue weighted by molar-refractivity contribution is 6.24. The van der Waals surface area contributed by atoms with Gasteiger partial charge in [0.15, 0.2) is 5.78 Å². The Kier molecular flexibility index (Phi) is 10.7. The fraction of sp³-hybridized carbons (Fsp3) is 0.400. The maximum Gasteiger partial charge on any atom is 0.336 e. The van der Waals surface area contributed by atoms with Crippen molar-refractivity contribution in [1.29, 1.82) is 0 Å². The van der Waals surface area contributed by atoms with Gasteiger partial charge in [0.05, 0.1) is 11.1 Å². The molecule has 0 bridgehead atoms. The summed E-state index contributed by atoms with van der Waals surface area (Å²) >= 11 is 0. The lowest BCUT2D eigenvalue weighted by molar-refractivity contribution is 0.0684. The van der Waals surface area contributed by atoms with Crippen molar-refractivity contribution < 1.29 is 24.6 Å². The molecule has 186 valence electrons. The van der Waals surface area contributed by atoms with Gasteiger partial charge >= 0.3 is 11.9 Å². The van der Waals surface area contributed by atoms with Crippen LogP contribution in [-0.4, -0.2) is 79.0 Å². The zero-order valence-electron chi connectivity index (χ0n) is 19.9. The van der Waals surface area contributed by atoms with E-state index >= 15 is 0 Å². The van der Waals surface area contributed by atoms with Crippen LogP contribution in [-0.2, 0) is 12.8 Å². The van der Waals surface area contributed by atoms with E-state index in [0.717, 1.165) is 25.1 Å². The van der Waals surface area contributed by atoms with E-state index in [-0.39, 0.29) is 41.7 Å². The predicted octanol–water partition coefficient (Wildman–Crippen LogP) is 4.13. The monoisotopic (exact) mass is 510 g/mol. The summed E-state index contributed by atoms with van der Waals surface area (Å²) in [5, 5.41) is 19.5. The Hall–Kier alpha value is -2.45. The van der Waals surface area contributed by atoms with Gasteiger partial charge in [-0.25, -0.2) is 9.59 Å². The number of hydrogen-bond acceptors (Lipinski definition) is 5. The van der Waals surface area contributed by atoms with Gasteiger partial charge in [-0.1, -0.05) is 6.07 Å². The third-order valence-electron chi connectivity index (χ3n) is 5.84. The van der Waals surface area contributed by atoms with Gasteiger partial charge in [0, 0.05) is 11.1 Å². The van der Waals surface area contributed by atoms with E-state index in [0.29, 0.717) is 47.1 Å². The lowest BCUT2D eigenvalue weighted by Gasteiger charge is -2.18. The van der Waals surface area contributed by atoms with Crippen LogP contribution >= 0.6 is 24.8 Å². The molecule has 34 heavy (non-hydrogen) atoms. The minimum absolute atomic E-state index is 0. The van der Waals surface area contributed by atoms with Crippen LogP contribution in [0.15, 0.2) is 24.3 Å². The third kappa shape index (κ3) is 6.16. The van der Waals surface area contributed by atoms with Gasteiger partial charge in [0.1, 0.15) is 0 Å². The van der Waals surface area contributed by atoms with Crippen LogP contribution in [0.5, 0.6) is 0 Å². The highest BCUT2D eigenvalue weighted by Crippen LogP contribution is 2.42. The number of ketones is 1. The lowest BCUT2D eigenvalue weighted by atomic mass is 9.87. The van der Waals surface area contributed by atoms with Crippen LogP contribution in [0.25, 0.3) is 11.1 Å². The minimum atomic E-state index is -1.10. The first-order valence-corrected chi connectivity index (χ1v) is 10.8. The average molecular weight is 511 g/mol. The number of carboxylic acid groups (broad SMARTS) is 2. The molecular weight excluding hydrogens is 479 g/mol. The molecule has 0 unspecified atom stereocenters. The third-order valence-corrected chi connectivity index (χ3v) is 5.84. The van der Waals surface area contributed by atoms with Crippen LogP contribution in [0.3, 0.4) is 0 Å². The molecule has 0 aliphatic heterocycles. The number of rotatable bonds is 10. The molecule has 3 rings (SSSR count). The number of aromatic carboxylic acids is 2. The largest absolute Gasteiger partial charge is 0.478 e. The molecule has 0 radical (unpaired) electrons. The molecule has 1 aliphatic carbocycles. The topological polar surface area (TPSA) is 98.2 Å². The molecule has 0 saturated heterocycles. The van der Waals surface area contributed by atoms with E-state index in [4.69, 9.17) is 0 Å². The van der Waals surface area contributed by atoms with Crippen molar-refractivity contribution in [3.05, 3.63) is 57.6 Å². The number of halogens is 2. The highest BCUT2D eigenvalue weighted by atomic mass is 35.5. The number of aryl methyl sites for hydroxylation is 1. The highest BCUT2D eigenvalue weighted by Gasteiger charge is 2.34. The summed E-state index contributed by atoms with van der Waals surface area (Å²) in [7, 11) is 7.86. The molecule has 0 fully saturated rings. The number of carboxylic acids is 2. The van der Waals surface area contributed by atoms with Crippen molar-refractivity contribution in [2.75, 3.05) is 41.3 Å². The summed E-state index contributed by atoms with van der Waals surface area (Å²) in [6, 6.07) is 6.38. The van der Waals surface area contributed by atoms with Crippen LogP contribution in [0.1, 0.15) is 60.6 Å². The number of carbonyl (C=O) groups is 3. The first kappa shape index (κ1) is 29.6. The van der Waals surface area contributed by atoms with Gasteiger partial charge in [-0.05, 0) is 107 Å². The lowest BCUT2D eigenvalue weighted by Crippen LogP contribution is -2.18. The van der Waals surface area contributed by atoms with E-state index in [2.05, 4.69) is 4.90 Å². The van der Waals surface area contributed by atoms with Crippen molar-refractivity contribution in [1.82, 2.24) is 9.80 Å². The van der Waals surface area contributed by atoms with Crippen molar-refractivity contribution >= 4 is 42.5 Å². The smallest absolute Gasteiger partial charge is 0.336 e. The molecule has 0 spiro atoms. The summed E-state index contributed by atoms with van der Waals surface area (Å²) in [5.41, 5.74) is 3.69. The van der Waals surface area contributed by atoms with Gasteiger partial charge in [-0.2, -0.15) is 0 Å². The summed E-state index contributed by atoms with van der Waals surface area (Å²) in [4.78, 5) is 41.2. The Morgan fingerprint density at radius 2 is 1.38 bits per heavy atom. The summed E-state index contributed by atoms with van der Waals surface area (Å²) in [5.74, 6) is -2.42. The first-order valence-electron chi connectivity index (χ1n) is 10.8. The summed E-state index contributed by atoms with van der Waals surface area (Å²) in [6.07, 6.45) is 2.56. The molecular formula is C25H32Cl2N2O5. The molecule has 7 nitrogen and oxygen atoms in total. The van der Waals surface area contributed by atoms with Gasteiger partial charge in [-0.3, -0.25) is 4.79 Å². The van der Waals surface area contributed by atoms with Gasteiger partial charge in [0.25, 0.3) is 0 Å². The number of fused-ring (bicyclic) bond motifs is 3. The average Bonchev–Trinajstić information content (AvgIpc) is 2.98. The Morgan fingerprint density at radius 3 is 1.91 bits per heavy atom. The minimum Gasteiger partial charge on any atom is -0.478 e. The Balaban J connectivity index is 0.00000289. The molecule has 2 aromatic rings. The first-order chi connectivity index (χ1) is 15.1. The molecule has 0 amide bonds. The molecule has 0 heterocycles. The SMILES string of the molecule is CN(C)CCCc1cc2c(c(CCCN(C)C)c1C(=O)O)C(=O)c1cc(C(=O)O)ccc1-2.Cl.Cl. The Bertz CT molecular complexity index is 1080. The van der Waals surface area contributed by atoms with Crippen LogP contribution in [0, 0.1) is 0 Å². The number of carbonyl (C=O) groups excluding carboxylic acids is 1. The second kappa shape index (κ2) is 12.3. The van der Waals surface area contributed by atoms with Crippen LogP contribution in [0.2, 0.25) is 0 Å². The van der Waals surface area contributed by atoms with Crippen molar-refractivity contribution in [3.63, 3.8) is 0 Å². The van der Waals surface area contributed by atoms with E-state index in [9.17, 15) is 24.6 Å². The second-order valence-electron chi connectivity index (χ2n) is 8.83. The normalized spacial score (nSPS) is 11.6. The molecule has 0 saturated carbocycles. The predicted molar refractivity (Wildman–Crippen MR) is 137 cm³/mol.